The van der Waals surface area contributed by atoms with E-state index in [4.69, 9.17) is 11.5 Å². The third kappa shape index (κ3) is 2.96. The molecule has 0 radical (unpaired) electrons. The molecule has 26 heavy (non-hydrogen) atoms. The Hall–Kier alpha value is -2.42. The van der Waals surface area contributed by atoms with E-state index >= 15 is 0 Å². The van der Waals surface area contributed by atoms with E-state index in [1.54, 1.807) is 24.0 Å². The number of hydrogen-bond acceptors (Lipinski definition) is 7. The first-order valence-electron chi connectivity index (χ1n) is 8.33. The van der Waals surface area contributed by atoms with Gasteiger partial charge >= 0.3 is 5.97 Å². The minimum atomic E-state index is -1.54. The van der Waals surface area contributed by atoms with Crippen LogP contribution in [0.4, 0.5) is 5.69 Å². The Labute approximate surface area is 159 Å². The molecule has 8 nitrogen and oxygen atoms in total. The summed E-state index contributed by atoms with van der Waals surface area (Å²) >= 11 is 3.36. The van der Waals surface area contributed by atoms with Gasteiger partial charge in [-0.2, -0.15) is 4.99 Å². The Balaban J connectivity index is 2.24. The lowest BCUT2D eigenvalue weighted by atomic mass is 9.86. The van der Waals surface area contributed by atoms with Crippen molar-refractivity contribution in [2.45, 2.75) is 44.7 Å². The normalized spacial score (nSPS) is 19.1. The van der Waals surface area contributed by atoms with Crippen molar-refractivity contribution in [2.24, 2.45) is 21.5 Å². The van der Waals surface area contributed by atoms with E-state index < -0.39 is 17.4 Å². The molecule has 0 amide bonds. The molecule has 5 N–H and O–H groups in total. The van der Waals surface area contributed by atoms with Crippen LogP contribution in [0.15, 0.2) is 26.6 Å². The first-order valence-corrected chi connectivity index (χ1v) is 9.12. The zero-order chi connectivity index (χ0) is 19.1. The van der Waals surface area contributed by atoms with Gasteiger partial charge in [-0.3, -0.25) is 9.69 Å². The van der Waals surface area contributed by atoms with Gasteiger partial charge in [0.15, 0.2) is 0 Å². The fourth-order valence-electron chi connectivity index (χ4n) is 3.65. The number of hydrogen-bond donors (Lipinski definition) is 3. The zero-order valence-corrected chi connectivity index (χ0v) is 15.9. The number of carbonyl (C=O) groups excluding carboxylic acids is 1. The maximum atomic E-state index is 12.4. The van der Waals surface area contributed by atoms with Gasteiger partial charge < -0.3 is 16.6 Å². The standard InChI is InChI=1S/C17H20BrN5O3/c1-9-5-6-10(11(12(9)18)13(24)14(25)26)23-16(20)21-15(19)22-17(23)7-3-2-4-8-17/h5-6H,2-4,7-8H2,1H3,(H,25,26)(H4,19,20,21,22). The minimum Gasteiger partial charge on any atom is -0.475 e. The summed E-state index contributed by atoms with van der Waals surface area (Å²) in [6, 6.07) is 3.48. The third-order valence-electron chi connectivity index (χ3n) is 4.83. The molecule has 0 aromatic heterocycles. The summed E-state index contributed by atoms with van der Waals surface area (Å²) in [6.07, 6.45) is 4.30. The van der Waals surface area contributed by atoms with Crippen molar-refractivity contribution in [1.29, 1.82) is 0 Å². The number of rotatable bonds is 3. The second-order valence-electron chi connectivity index (χ2n) is 6.54. The molecule has 1 aromatic rings. The minimum absolute atomic E-state index is 0.0382. The molecule has 0 unspecified atom stereocenters. The number of aliphatic carboxylic acids is 1. The van der Waals surface area contributed by atoms with E-state index in [1.165, 1.54) is 0 Å². The Kier molecular flexibility index (Phi) is 4.74. The molecule has 1 fully saturated rings. The van der Waals surface area contributed by atoms with Crippen LogP contribution in [-0.4, -0.2) is 34.4 Å². The molecule has 9 heteroatoms. The van der Waals surface area contributed by atoms with Gasteiger partial charge in [-0.15, -0.1) is 0 Å². The highest BCUT2D eigenvalue weighted by Gasteiger charge is 2.44. The van der Waals surface area contributed by atoms with Gasteiger partial charge in [-0.1, -0.05) is 12.5 Å². The molecule has 1 aliphatic carbocycles. The summed E-state index contributed by atoms with van der Waals surface area (Å²) < 4.78 is 0.420. The lowest BCUT2D eigenvalue weighted by molar-refractivity contribution is -0.131. The molecule has 1 aliphatic heterocycles. The Morgan fingerprint density at radius 2 is 1.88 bits per heavy atom. The van der Waals surface area contributed by atoms with Gasteiger partial charge in [0.2, 0.25) is 11.9 Å². The second-order valence-corrected chi connectivity index (χ2v) is 7.34. The smallest absolute Gasteiger partial charge is 0.377 e. The van der Waals surface area contributed by atoms with Crippen LogP contribution in [0.5, 0.6) is 0 Å². The van der Waals surface area contributed by atoms with Crippen molar-refractivity contribution >= 4 is 45.3 Å². The summed E-state index contributed by atoms with van der Waals surface area (Å²) in [6.45, 7) is 1.78. The molecule has 1 saturated carbocycles. The van der Waals surface area contributed by atoms with Crippen molar-refractivity contribution < 1.29 is 14.7 Å². The molecule has 3 rings (SSSR count). The number of carbonyl (C=O) groups is 2. The van der Waals surface area contributed by atoms with Crippen molar-refractivity contribution in [3.8, 4) is 0 Å². The van der Waals surface area contributed by atoms with E-state index in [0.29, 0.717) is 23.0 Å². The van der Waals surface area contributed by atoms with Gasteiger partial charge in [0.25, 0.3) is 5.78 Å². The van der Waals surface area contributed by atoms with Gasteiger partial charge in [-0.05, 0) is 60.2 Å². The molecule has 1 spiro atoms. The predicted molar refractivity (Wildman–Crippen MR) is 102 cm³/mol. The summed E-state index contributed by atoms with van der Waals surface area (Å²) in [5.74, 6) is -2.35. The summed E-state index contributed by atoms with van der Waals surface area (Å²) in [5.41, 5.74) is 12.4. The monoisotopic (exact) mass is 421 g/mol. The van der Waals surface area contributed by atoms with E-state index in [1.807, 2.05) is 0 Å². The van der Waals surface area contributed by atoms with Crippen LogP contribution in [0, 0.1) is 6.92 Å². The van der Waals surface area contributed by atoms with Gasteiger partial charge in [0, 0.05) is 4.47 Å². The zero-order valence-electron chi connectivity index (χ0n) is 14.3. The van der Waals surface area contributed by atoms with Crippen molar-refractivity contribution in [1.82, 2.24) is 0 Å². The summed E-state index contributed by atoms with van der Waals surface area (Å²) in [5, 5.41) is 9.29. The van der Waals surface area contributed by atoms with E-state index in [2.05, 4.69) is 25.9 Å². The number of nitrogens with two attached hydrogens (primary N) is 2. The highest BCUT2D eigenvalue weighted by molar-refractivity contribution is 9.10. The second kappa shape index (κ2) is 6.71. The number of benzene rings is 1. The Morgan fingerprint density at radius 1 is 1.23 bits per heavy atom. The molecular weight excluding hydrogens is 402 g/mol. The lowest BCUT2D eigenvalue weighted by Crippen LogP contribution is -2.58. The average molecular weight is 422 g/mol. The molecule has 138 valence electrons. The number of aliphatic imine (C=N–C) groups is 2. The third-order valence-corrected chi connectivity index (χ3v) is 5.85. The van der Waals surface area contributed by atoms with Crippen molar-refractivity contribution in [3.63, 3.8) is 0 Å². The molecule has 0 bridgehead atoms. The van der Waals surface area contributed by atoms with Crippen LogP contribution in [0.2, 0.25) is 0 Å². The number of carboxylic acid groups (broad SMARTS) is 1. The molecule has 0 saturated heterocycles. The number of aryl methyl sites for hydroxylation is 1. The van der Waals surface area contributed by atoms with Crippen molar-refractivity contribution in [2.75, 3.05) is 4.90 Å². The maximum absolute atomic E-state index is 12.4. The fraction of sp³-hybridized carbons (Fsp3) is 0.412. The van der Waals surface area contributed by atoms with Crippen LogP contribution < -0.4 is 16.4 Å². The maximum Gasteiger partial charge on any atom is 0.377 e. The van der Waals surface area contributed by atoms with Crippen LogP contribution in [0.1, 0.15) is 48.0 Å². The average Bonchev–Trinajstić information content (AvgIpc) is 2.57. The first-order chi connectivity index (χ1) is 12.3. The Morgan fingerprint density at radius 3 is 2.50 bits per heavy atom. The summed E-state index contributed by atoms with van der Waals surface area (Å²) in [4.78, 5) is 34.1. The molecule has 0 atom stereocenters. The summed E-state index contributed by atoms with van der Waals surface area (Å²) in [7, 11) is 0. The van der Waals surface area contributed by atoms with E-state index in [9.17, 15) is 14.7 Å². The molecule has 2 aliphatic rings. The van der Waals surface area contributed by atoms with Gasteiger partial charge in [-0.25, -0.2) is 9.79 Å². The van der Waals surface area contributed by atoms with Crippen LogP contribution >= 0.6 is 15.9 Å². The van der Waals surface area contributed by atoms with Crippen LogP contribution in [-0.2, 0) is 4.79 Å². The largest absolute Gasteiger partial charge is 0.475 e. The first kappa shape index (κ1) is 18.4. The number of guanidine groups is 2. The van der Waals surface area contributed by atoms with Crippen LogP contribution in [0.3, 0.4) is 0 Å². The van der Waals surface area contributed by atoms with Gasteiger partial charge in [0.05, 0.1) is 11.3 Å². The van der Waals surface area contributed by atoms with Crippen LogP contribution in [0.25, 0.3) is 0 Å². The number of anilines is 1. The highest BCUT2D eigenvalue weighted by atomic mass is 79.9. The molecule has 1 heterocycles. The molecule has 1 aromatic carbocycles. The number of carboxylic acids is 1. The fourth-order valence-corrected chi connectivity index (χ4v) is 4.16. The predicted octanol–water partition coefficient (Wildman–Crippen LogP) is 2.13. The number of halogens is 1. The van der Waals surface area contributed by atoms with Crippen molar-refractivity contribution in [3.05, 3.63) is 27.7 Å². The Bertz CT molecular complexity index is 843. The number of Topliss-reactive ketones (excluding diaryl/α,β-unsaturated/α-hetero) is 1. The topological polar surface area (TPSA) is 134 Å². The van der Waals surface area contributed by atoms with E-state index in [-0.39, 0.29) is 17.5 Å². The SMILES string of the molecule is Cc1ccc(N2C(N)=NC(N)=NC23CCCCC3)c(C(=O)C(=O)O)c1Br. The highest BCUT2D eigenvalue weighted by Crippen LogP contribution is 2.42. The van der Waals surface area contributed by atoms with Gasteiger partial charge in [0.1, 0.15) is 5.66 Å². The van der Waals surface area contributed by atoms with E-state index in [0.717, 1.165) is 24.8 Å². The number of ketones is 1. The lowest BCUT2D eigenvalue weighted by Gasteiger charge is -2.46. The molecular formula is C17H20BrN5O3. The quantitative estimate of drug-likeness (QED) is 0.505. The number of nitrogens with zero attached hydrogens (tertiary/aromatic N) is 3.